The molecule has 1 aliphatic carbocycles. The summed E-state index contributed by atoms with van der Waals surface area (Å²) in [4.78, 5) is 0. The van der Waals surface area contributed by atoms with Crippen LogP contribution in [0.25, 0.3) is 0 Å². The lowest BCUT2D eigenvalue weighted by molar-refractivity contribution is 0.0830. The van der Waals surface area contributed by atoms with Crippen LogP contribution in [0.5, 0.6) is 0 Å². The highest BCUT2D eigenvalue weighted by atomic mass is 16.5. The van der Waals surface area contributed by atoms with E-state index in [1.54, 1.807) is 0 Å². The van der Waals surface area contributed by atoms with Gasteiger partial charge in [0.2, 0.25) is 0 Å². The largest absolute Gasteiger partial charge is 0.378 e. The van der Waals surface area contributed by atoms with Crippen molar-refractivity contribution in [1.29, 1.82) is 0 Å². The number of ether oxygens (including phenoxy) is 1. The third-order valence-corrected chi connectivity index (χ3v) is 4.39. The zero-order valence-electron chi connectivity index (χ0n) is 10.2. The first-order valence-corrected chi connectivity index (χ1v) is 6.62. The van der Waals surface area contributed by atoms with E-state index in [0.29, 0.717) is 12.1 Å². The number of hydrogen-bond acceptors (Lipinski definition) is 2. The minimum absolute atomic E-state index is 0.462. The molecular formula is C13H25NO. The molecule has 0 amide bonds. The van der Waals surface area contributed by atoms with E-state index in [1.807, 2.05) is 0 Å². The number of rotatable bonds is 3. The zero-order valence-corrected chi connectivity index (χ0v) is 10.2. The summed E-state index contributed by atoms with van der Waals surface area (Å²) < 4.78 is 5.70. The van der Waals surface area contributed by atoms with Crippen molar-refractivity contribution in [3.8, 4) is 0 Å². The van der Waals surface area contributed by atoms with Gasteiger partial charge in [0.25, 0.3) is 0 Å². The molecule has 15 heavy (non-hydrogen) atoms. The molecule has 1 N–H and O–H groups in total. The number of nitrogens with one attached hydrogen (secondary N) is 1. The summed E-state index contributed by atoms with van der Waals surface area (Å²) in [6.07, 6.45) is 8.88. The molecule has 2 rings (SSSR count). The molecule has 1 saturated carbocycles. The molecule has 3 unspecified atom stereocenters. The lowest BCUT2D eigenvalue weighted by Crippen LogP contribution is -2.43. The Hall–Kier alpha value is -0.0800. The quantitative estimate of drug-likeness (QED) is 0.774. The van der Waals surface area contributed by atoms with Crippen molar-refractivity contribution >= 4 is 0 Å². The van der Waals surface area contributed by atoms with Gasteiger partial charge in [-0.2, -0.15) is 0 Å². The molecule has 1 aliphatic heterocycles. The van der Waals surface area contributed by atoms with E-state index >= 15 is 0 Å². The van der Waals surface area contributed by atoms with Crippen molar-refractivity contribution in [2.45, 2.75) is 57.6 Å². The Morgan fingerprint density at radius 3 is 2.40 bits per heavy atom. The first-order valence-electron chi connectivity index (χ1n) is 6.62. The maximum Gasteiger partial charge on any atom is 0.0590 e. The Labute approximate surface area is 93.8 Å². The van der Waals surface area contributed by atoms with Crippen LogP contribution in [-0.2, 0) is 4.74 Å². The third kappa shape index (κ3) is 2.54. The van der Waals surface area contributed by atoms with E-state index in [0.717, 1.165) is 18.4 Å². The molecule has 1 heterocycles. The van der Waals surface area contributed by atoms with Crippen LogP contribution >= 0.6 is 0 Å². The number of hydrogen-bond donors (Lipinski definition) is 1. The summed E-state index contributed by atoms with van der Waals surface area (Å²) in [5.41, 5.74) is 0. The van der Waals surface area contributed by atoms with Crippen LogP contribution in [0.4, 0.5) is 0 Å². The van der Waals surface area contributed by atoms with Gasteiger partial charge in [-0.1, -0.05) is 19.3 Å². The highest BCUT2D eigenvalue weighted by molar-refractivity contribution is 4.89. The normalized spacial score (nSPS) is 35.6. The molecule has 0 radical (unpaired) electrons. The fraction of sp³-hybridized carbons (Fsp3) is 1.00. The van der Waals surface area contributed by atoms with Crippen LogP contribution in [0.2, 0.25) is 0 Å². The molecule has 0 bridgehead atoms. The summed E-state index contributed by atoms with van der Waals surface area (Å²) >= 11 is 0. The van der Waals surface area contributed by atoms with Gasteiger partial charge in [-0.15, -0.1) is 0 Å². The van der Waals surface area contributed by atoms with E-state index < -0.39 is 0 Å². The van der Waals surface area contributed by atoms with E-state index in [1.165, 1.54) is 38.5 Å². The van der Waals surface area contributed by atoms with Crippen molar-refractivity contribution in [2.24, 2.45) is 11.8 Å². The molecule has 2 nitrogen and oxygen atoms in total. The Morgan fingerprint density at radius 2 is 1.87 bits per heavy atom. The summed E-state index contributed by atoms with van der Waals surface area (Å²) in [7, 11) is 2.13. The first-order chi connectivity index (χ1) is 7.33. The van der Waals surface area contributed by atoms with E-state index in [2.05, 4.69) is 19.3 Å². The van der Waals surface area contributed by atoms with Crippen molar-refractivity contribution in [1.82, 2.24) is 5.32 Å². The maximum atomic E-state index is 5.70. The second-order valence-electron chi connectivity index (χ2n) is 5.24. The van der Waals surface area contributed by atoms with Crippen molar-refractivity contribution in [2.75, 3.05) is 13.7 Å². The highest BCUT2D eigenvalue weighted by Gasteiger charge is 2.35. The van der Waals surface area contributed by atoms with Gasteiger partial charge in [-0.3, -0.25) is 0 Å². The average molecular weight is 211 g/mol. The topological polar surface area (TPSA) is 21.3 Å². The standard InChI is InChI=1S/C13H25NO/c1-10-12(8-9-15-10)13(14-2)11-6-4-3-5-7-11/h10-14H,3-9H2,1-2H3. The molecule has 88 valence electrons. The van der Waals surface area contributed by atoms with E-state index in [4.69, 9.17) is 4.74 Å². The Kier molecular flexibility index (Phi) is 4.04. The summed E-state index contributed by atoms with van der Waals surface area (Å²) in [5.74, 6) is 1.65. The Bertz CT molecular complexity index is 189. The second kappa shape index (κ2) is 5.31. The molecule has 1 saturated heterocycles. The highest BCUT2D eigenvalue weighted by Crippen LogP contribution is 2.34. The average Bonchev–Trinajstić information content (AvgIpc) is 2.68. The molecule has 0 aromatic rings. The van der Waals surface area contributed by atoms with Crippen molar-refractivity contribution < 1.29 is 4.74 Å². The minimum atomic E-state index is 0.462. The predicted molar refractivity (Wildman–Crippen MR) is 62.9 cm³/mol. The maximum absolute atomic E-state index is 5.70. The molecule has 3 atom stereocenters. The van der Waals surface area contributed by atoms with Crippen LogP contribution in [0.15, 0.2) is 0 Å². The van der Waals surface area contributed by atoms with Gasteiger partial charge >= 0.3 is 0 Å². The van der Waals surface area contributed by atoms with Crippen LogP contribution in [0.3, 0.4) is 0 Å². The van der Waals surface area contributed by atoms with Gasteiger partial charge in [0.05, 0.1) is 6.10 Å². The van der Waals surface area contributed by atoms with Crippen LogP contribution < -0.4 is 5.32 Å². The van der Waals surface area contributed by atoms with Crippen LogP contribution in [-0.4, -0.2) is 25.8 Å². The minimum Gasteiger partial charge on any atom is -0.378 e. The van der Waals surface area contributed by atoms with Crippen molar-refractivity contribution in [3.63, 3.8) is 0 Å². The molecule has 2 heteroatoms. The van der Waals surface area contributed by atoms with Gasteiger partial charge in [0.1, 0.15) is 0 Å². The first kappa shape index (κ1) is 11.4. The molecule has 0 spiro atoms. The van der Waals surface area contributed by atoms with Gasteiger partial charge in [0.15, 0.2) is 0 Å². The van der Waals surface area contributed by atoms with Gasteiger partial charge in [-0.25, -0.2) is 0 Å². The van der Waals surface area contributed by atoms with Crippen LogP contribution in [0.1, 0.15) is 45.4 Å². The molecule has 0 aromatic heterocycles. The fourth-order valence-corrected chi connectivity index (χ4v) is 3.51. The Morgan fingerprint density at radius 1 is 1.13 bits per heavy atom. The molecular weight excluding hydrogens is 186 g/mol. The van der Waals surface area contributed by atoms with Gasteiger partial charge in [-0.05, 0) is 39.2 Å². The smallest absolute Gasteiger partial charge is 0.0590 e. The SMILES string of the molecule is CNC(C1CCCCC1)C1CCOC1C. The molecule has 2 fully saturated rings. The summed E-state index contributed by atoms with van der Waals surface area (Å²) in [6, 6.07) is 0.697. The third-order valence-electron chi connectivity index (χ3n) is 4.39. The predicted octanol–water partition coefficient (Wildman–Crippen LogP) is 2.58. The van der Waals surface area contributed by atoms with Crippen molar-refractivity contribution in [3.05, 3.63) is 0 Å². The summed E-state index contributed by atoms with van der Waals surface area (Å²) in [5, 5.41) is 3.56. The fourth-order valence-electron chi connectivity index (χ4n) is 3.51. The zero-order chi connectivity index (χ0) is 10.7. The van der Waals surface area contributed by atoms with Gasteiger partial charge in [0, 0.05) is 18.6 Å². The van der Waals surface area contributed by atoms with E-state index in [9.17, 15) is 0 Å². The van der Waals surface area contributed by atoms with Gasteiger partial charge < -0.3 is 10.1 Å². The second-order valence-corrected chi connectivity index (χ2v) is 5.24. The molecule has 0 aromatic carbocycles. The monoisotopic (exact) mass is 211 g/mol. The molecule has 2 aliphatic rings. The lowest BCUT2D eigenvalue weighted by Gasteiger charge is -2.35. The van der Waals surface area contributed by atoms with Crippen LogP contribution in [0, 0.1) is 11.8 Å². The Balaban J connectivity index is 1.95. The summed E-state index contributed by atoms with van der Waals surface area (Å²) in [6.45, 7) is 3.21. The lowest BCUT2D eigenvalue weighted by atomic mass is 9.77. The van der Waals surface area contributed by atoms with E-state index in [-0.39, 0.29) is 0 Å².